The van der Waals surface area contributed by atoms with Gasteiger partial charge in [-0.05, 0) is 48.6 Å². The minimum Gasteiger partial charge on any atom is -0.338 e. The van der Waals surface area contributed by atoms with Gasteiger partial charge in [-0.25, -0.2) is 0 Å². The normalized spacial score (nSPS) is 30.0. The smallest absolute Gasteiger partial charge is 0.250 e. The van der Waals surface area contributed by atoms with E-state index in [1.807, 2.05) is 44.2 Å². The summed E-state index contributed by atoms with van der Waals surface area (Å²) < 4.78 is 0. The monoisotopic (exact) mass is 474 g/mol. The summed E-state index contributed by atoms with van der Waals surface area (Å²) >= 11 is 0. The molecule has 4 rings (SSSR count). The maximum absolute atomic E-state index is 13.2. The third-order valence-corrected chi connectivity index (χ3v) is 8.08. The molecule has 1 saturated heterocycles. The molecule has 1 aliphatic heterocycles. The molecule has 0 N–H and O–H groups in total. The second-order valence-electron chi connectivity index (χ2n) is 10.4. The topological polar surface area (TPSA) is 74.8 Å². The van der Waals surface area contributed by atoms with E-state index in [0.717, 1.165) is 29.4 Å². The first-order chi connectivity index (χ1) is 16.7. The molecule has 1 saturated carbocycles. The molecule has 0 spiro atoms. The van der Waals surface area contributed by atoms with Crippen molar-refractivity contribution in [2.24, 2.45) is 35.5 Å². The number of carbonyl (C=O) groups is 4. The van der Waals surface area contributed by atoms with Gasteiger partial charge in [0.15, 0.2) is 0 Å². The Labute approximate surface area is 207 Å². The zero-order chi connectivity index (χ0) is 25.4. The fraction of sp³-hybridized carbons (Fsp3) is 0.448. The van der Waals surface area contributed by atoms with E-state index in [1.54, 1.807) is 18.0 Å². The molecule has 35 heavy (non-hydrogen) atoms. The van der Waals surface area contributed by atoms with Crippen molar-refractivity contribution in [1.29, 1.82) is 0 Å². The molecular formula is C29H34N2O4. The molecule has 2 aliphatic carbocycles. The molecule has 6 unspecified atom stereocenters. The molecule has 6 nitrogen and oxygen atoms in total. The number of nitrogens with zero attached hydrogens (tertiary/aromatic N) is 2. The number of amides is 3. The summed E-state index contributed by atoms with van der Waals surface area (Å²) in [5, 5.41) is 0. The van der Waals surface area contributed by atoms with Crippen molar-refractivity contribution < 1.29 is 19.2 Å². The van der Waals surface area contributed by atoms with Gasteiger partial charge in [-0.15, -0.1) is 13.2 Å². The lowest BCUT2D eigenvalue weighted by molar-refractivity contribution is -0.141. The van der Waals surface area contributed by atoms with E-state index >= 15 is 0 Å². The van der Waals surface area contributed by atoms with E-state index in [2.05, 4.69) is 13.2 Å². The van der Waals surface area contributed by atoms with Gasteiger partial charge in [0.1, 0.15) is 6.29 Å². The van der Waals surface area contributed by atoms with Crippen molar-refractivity contribution in [3.63, 3.8) is 0 Å². The Kier molecular flexibility index (Phi) is 6.93. The zero-order valence-electron chi connectivity index (χ0n) is 20.8. The summed E-state index contributed by atoms with van der Waals surface area (Å²) in [6.45, 7) is 12.2. The van der Waals surface area contributed by atoms with Gasteiger partial charge in [0.25, 0.3) is 5.91 Å². The first kappa shape index (κ1) is 24.8. The van der Waals surface area contributed by atoms with Crippen LogP contribution in [0.1, 0.15) is 37.8 Å². The average Bonchev–Trinajstić information content (AvgIpc) is 3.44. The first-order valence-electron chi connectivity index (χ1n) is 12.3. The van der Waals surface area contributed by atoms with Crippen LogP contribution >= 0.6 is 0 Å². The predicted octanol–water partition coefficient (Wildman–Crippen LogP) is 3.93. The fourth-order valence-corrected chi connectivity index (χ4v) is 6.32. The molecule has 0 bridgehead atoms. The highest BCUT2D eigenvalue weighted by Crippen LogP contribution is 2.48. The molecular weight excluding hydrogens is 440 g/mol. The van der Waals surface area contributed by atoms with Crippen LogP contribution in [0.5, 0.6) is 0 Å². The van der Waals surface area contributed by atoms with Crippen LogP contribution in [0.3, 0.4) is 0 Å². The van der Waals surface area contributed by atoms with Crippen molar-refractivity contribution in [3.05, 3.63) is 71.8 Å². The standard InChI is InChI=1S/C29H34N2O4/c1-6-21-11-17(3)24(23(21)16-32)27(33)30(5)14-19-9-8-10-20(13-19)15-31-28(34)25-18(4)12-22(7-2)26(25)29(31)35/h6-10,13,16,18,21-23,25-26H,1-2,11-12,14-15H2,3-5H3. The molecule has 184 valence electrons. The third kappa shape index (κ3) is 4.30. The average molecular weight is 475 g/mol. The van der Waals surface area contributed by atoms with Crippen LogP contribution in [0.4, 0.5) is 0 Å². The van der Waals surface area contributed by atoms with Gasteiger partial charge < -0.3 is 9.69 Å². The van der Waals surface area contributed by atoms with Crippen molar-refractivity contribution in [2.45, 2.75) is 39.8 Å². The lowest BCUT2D eigenvalue weighted by Crippen LogP contribution is -2.33. The Balaban J connectivity index is 1.47. The van der Waals surface area contributed by atoms with E-state index < -0.39 is 5.92 Å². The minimum absolute atomic E-state index is 0.0402. The molecule has 3 amide bonds. The number of likely N-dealkylation sites (tertiary alicyclic amines) is 1. The summed E-state index contributed by atoms with van der Waals surface area (Å²) in [5.41, 5.74) is 3.24. The molecule has 1 heterocycles. The van der Waals surface area contributed by atoms with Crippen LogP contribution in [-0.2, 0) is 32.3 Å². The maximum Gasteiger partial charge on any atom is 0.250 e. The Morgan fingerprint density at radius 2 is 1.77 bits per heavy atom. The first-order valence-corrected chi connectivity index (χ1v) is 12.3. The number of hydrogen-bond donors (Lipinski definition) is 0. The highest BCUT2D eigenvalue weighted by molar-refractivity contribution is 6.06. The highest BCUT2D eigenvalue weighted by Gasteiger charge is 2.56. The van der Waals surface area contributed by atoms with Crippen LogP contribution in [0, 0.1) is 35.5 Å². The number of imide groups is 1. The number of fused-ring (bicyclic) bond motifs is 1. The number of aldehydes is 1. The van der Waals surface area contributed by atoms with Gasteiger partial charge in [-0.1, -0.05) is 48.9 Å². The molecule has 6 atom stereocenters. The van der Waals surface area contributed by atoms with Gasteiger partial charge in [0.05, 0.1) is 24.3 Å². The number of hydrogen-bond acceptors (Lipinski definition) is 4. The van der Waals surface area contributed by atoms with Gasteiger partial charge in [0, 0.05) is 19.2 Å². The molecule has 1 aromatic rings. The SMILES string of the molecule is C=CC1CC(C)=C(C(=O)N(C)Cc2cccc(CN3C(=O)C4C(C)CC(C=C)C4C3=O)c2)C1C=O. The van der Waals surface area contributed by atoms with Crippen LogP contribution in [0.25, 0.3) is 0 Å². The van der Waals surface area contributed by atoms with Gasteiger partial charge in [-0.3, -0.25) is 19.3 Å². The van der Waals surface area contributed by atoms with Gasteiger partial charge in [-0.2, -0.15) is 0 Å². The van der Waals surface area contributed by atoms with Gasteiger partial charge in [0.2, 0.25) is 11.8 Å². The third-order valence-electron chi connectivity index (χ3n) is 8.08. The summed E-state index contributed by atoms with van der Waals surface area (Å²) in [6.07, 6.45) is 5.91. The van der Waals surface area contributed by atoms with Gasteiger partial charge >= 0.3 is 0 Å². The van der Waals surface area contributed by atoms with Crippen molar-refractivity contribution in [3.8, 4) is 0 Å². The summed E-state index contributed by atoms with van der Waals surface area (Å²) in [5.74, 6) is -1.19. The van der Waals surface area contributed by atoms with Crippen LogP contribution < -0.4 is 0 Å². The lowest BCUT2D eigenvalue weighted by Gasteiger charge is -2.22. The summed E-state index contributed by atoms with van der Waals surface area (Å²) in [6, 6.07) is 7.64. The molecule has 1 aromatic carbocycles. The van der Waals surface area contributed by atoms with E-state index in [9.17, 15) is 19.2 Å². The van der Waals surface area contributed by atoms with E-state index in [0.29, 0.717) is 18.5 Å². The summed E-state index contributed by atoms with van der Waals surface area (Å²) in [4.78, 5) is 54.1. The number of benzene rings is 1. The molecule has 6 heteroatoms. The quantitative estimate of drug-likeness (QED) is 0.325. The highest BCUT2D eigenvalue weighted by atomic mass is 16.2. The number of allylic oxidation sites excluding steroid dienone is 3. The number of likely N-dealkylation sites (N-methyl/N-ethyl adjacent to an activating group) is 1. The Morgan fingerprint density at radius 3 is 2.43 bits per heavy atom. The maximum atomic E-state index is 13.2. The predicted molar refractivity (Wildman–Crippen MR) is 133 cm³/mol. The van der Waals surface area contributed by atoms with Crippen LogP contribution in [-0.4, -0.2) is 40.9 Å². The number of carbonyl (C=O) groups excluding carboxylic acids is 4. The zero-order valence-corrected chi connectivity index (χ0v) is 20.8. The van der Waals surface area contributed by atoms with Crippen molar-refractivity contribution >= 4 is 24.0 Å². The fourth-order valence-electron chi connectivity index (χ4n) is 6.32. The molecule has 0 radical (unpaired) electrons. The second-order valence-corrected chi connectivity index (χ2v) is 10.4. The molecule has 3 aliphatic rings. The Bertz CT molecular complexity index is 1120. The van der Waals surface area contributed by atoms with E-state index in [4.69, 9.17) is 0 Å². The van der Waals surface area contributed by atoms with E-state index in [-0.39, 0.29) is 53.9 Å². The number of rotatable bonds is 8. The van der Waals surface area contributed by atoms with Crippen LogP contribution in [0.15, 0.2) is 60.7 Å². The minimum atomic E-state index is -0.456. The molecule has 0 aromatic heterocycles. The van der Waals surface area contributed by atoms with E-state index in [1.165, 1.54) is 4.90 Å². The Hall–Kier alpha value is -3.28. The second kappa shape index (κ2) is 9.76. The molecule has 2 fully saturated rings. The van der Waals surface area contributed by atoms with Crippen molar-refractivity contribution in [2.75, 3.05) is 7.05 Å². The van der Waals surface area contributed by atoms with Crippen LogP contribution in [0.2, 0.25) is 0 Å². The Morgan fingerprint density at radius 1 is 1.11 bits per heavy atom. The summed E-state index contributed by atoms with van der Waals surface area (Å²) in [7, 11) is 1.73. The largest absolute Gasteiger partial charge is 0.338 e. The lowest BCUT2D eigenvalue weighted by atomic mass is 9.90. The van der Waals surface area contributed by atoms with Crippen molar-refractivity contribution in [1.82, 2.24) is 9.80 Å².